The molecule has 6 nitrogen and oxygen atoms in total. The SMILES string of the molecule is C=C(/N=C(\Nc1cc(-c2ccc(OCc3ccccc3)cc2)n[nH]1)NC(C)(C)C)c1ccc(C(F)(F)F)cc1. The molecular weight excluding hydrogens is 503 g/mol. The topological polar surface area (TPSA) is 74.3 Å². The molecule has 4 rings (SSSR count). The van der Waals surface area contributed by atoms with Crippen molar-refractivity contribution >= 4 is 17.5 Å². The molecule has 4 aromatic rings. The first-order valence-electron chi connectivity index (χ1n) is 12.3. The molecular formula is C30H30F3N5O. The molecule has 0 atom stereocenters. The van der Waals surface area contributed by atoms with Gasteiger partial charge in [-0.15, -0.1) is 0 Å². The third-order valence-electron chi connectivity index (χ3n) is 5.51. The zero-order chi connectivity index (χ0) is 28.0. The monoisotopic (exact) mass is 533 g/mol. The maximum absolute atomic E-state index is 12.9. The minimum absolute atomic E-state index is 0.300. The molecule has 0 bridgehead atoms. The number of H-pyrrole nitrogens is 1. The lowest BCUT2D eigenvalue weighted by atomic mass is 10.1. The van der Waals surface area contributed by atoms with Crippen molar-refractivity contribution in [3.05, 3.63) is 108 Å². The number of halogens is 3. The Morgan fingerprint density at radius 2 is 1.62 bits per heavy atom. The van der Waals surface area contributed by atoms with Gasteiger partial charge in [0.15, 0.2) is 0 Å². The van der Waals surface area contributed by atoms with E-state index in [4.69, 9.17) is 4.74 Å². The van der Waals surface area contributed by atoms with E-state index in [9.17, 15) is 13.2 Å². The van der Waals surface area contributed by atoms with E-state index in [1.807, 2.05) is 81.4 Å². The van der Waals surface area contributed by atoms with Crippen molar-refractivity contribution in [1.29, 1.82) is 0 Å². The van der Waals surface area contributed by atoms with E-state index in [1.54, 1.807) is 0 Å². The molecule has 0 fully saturated rings. The molecule has 0 aliphatic rings. The van der Waals surface area contributed by atoms with E-state index in [1.165, 1.54) is 12.1 Å². The Hall–Kier alpha value is -4.53. The number of aromatic amines is 1. The van der Waals surface area contributed by atoms with Gasteiger partial charge in [-0.1, -0.05) is 49.0 Å². The Kier molecular flexibility index (Phi) is 8.09. The van der Waals surface area contributed by atoms with Gasteiger partial charge in [0.05, 0.1) is 17.0 Å². The molecule has 1 aromatic heterocycles. The number of benzene rings is 3. The van der Waals surface area contributed by atoms with Crippen molar-refractivity contribution in [1.82, 2.24) is 15.5 Å². The minimum Gasteiger partial charge on any atom is -0.489 e. The van der Waals surface area contributed by atoms with Crippen molar-refractivity contribution in [2.24, 2.45) is 4.99 Å². The highest BCUT2D eigenvalue weighted by Gasteiger charge is 2.30. The largest absolute Gasteiger partial charge is 0.489 e. The van der Waals surface area contributed by atoms with Gasteiger partial charge in [0.2, 0.25) is 5.96 Å². The van der Waals surface area contributed by atoms with Crippen LogP contribution in [0.2, 0.25) is 0 Å². The van der Waals surface area contributed by atoms with Gasteiger partial charge in [-0.3, -0.25) is 5.10 Å². The molecule has 0 amide bonds. The first-order valence-corrected chi connectivity index (χ1v) is 12.3. The Balaban J connectivity index is 1.46. The zero-order valence-corrected chi connectivity index (χ0v) is 21.9. The summed E-state index contributed by atoms with van der Waals surface area (Å²) in [4.78, 5) is 4.51. The van der Waals surface area contributed by atoms with Crippen LogP contribution in [0.3, 0.4) is 0 Å². The Morgan fingerprint density at radius 1 is 0.949 bits per heavy atom. The van der Waals surface area contributed by atoms with Gasteiger partial charge >= 0.3 is 6.18 Å². The predicted molar refractivity (Wildman–Crippen MR) is 149 cm³/mol. The van der Waals surface area contributed by atoms with Gasteiger partial charge in [-0.05, 0) is 68.3 Å². The van der Waals surface area contributed by atoms with E-state index in [-0.39, 0.29) is 5.54 Å². The van der Waals surface area contributed by atoms with E-state index in [2.05, 4.69) is 32.4 Å². The molecule has 0 aliphatic carbocycles. The van der Waals surface area contributed by atoms with Crippen molar-refractivity contribution in [3.8, 4) is 17.0 Å². The summed E-state index contributed by atoms with van der Waals surface area (Å²) < 4.78 is 44.6. The van der Waals surface area contributed by atoms with Gasteiger partial charge in [0.25, 0.3) is 0 Å². The summed E-state index contributed by atoms with van der Waals surface area (Å²) in [5.41, 5.74) is 2.38. The third-order valence-corrected chi connectivity index (χ3v) is 5.51. The fourth-order valence-electron chi connectivity index (χ4n) is 3.62. The van der Waals surface area contributed by atoms with Gasteiger partial charge in [0.1, 0.15) is 18.2 Å². The second kappa shape index (κ2) is 11.5. The normalized spacial score (nSPS) is 12.2. The van der Waals surface area contributed by atoms with E-state index < -0.39 is 11.7 Å². The molecule has 0 saturated carbocycles. The lowest BCUT2D eigenvalue weighted by Gasteiger charge is -2.23. The van der Waals surface area contributed by atoms with Crippen molar-refractivity contribution in [2.75, 3.05) is 5.32 Å². The summed E-state index contributed by atoms with van der Waals surface area (Å²) in [6.07, 6.45) is -4.41. The van der Waals surface area contributed by atoms with Crippen LogP contribution in [0.1, 0.15) is 37.5 Å². The maximum Gasteiger partial charge on any atom is 0.416 e. The lowest BCUT2D eigenvalue weighted by Crippen LogP contribution is -2.44. The number of guanidine groups is 1. The maximum atomic E-state index is 12.9. The Bertz CT molecular complexity index is 1420. The highest BCUT2D eigenvalue weighted by atomic mass is 19.4. The Labute approximate surface area is 225 Å². The fraction of sp³-hybridized carbons (Fsp3) is 0.200. The number of anilines is 1. The highest BCUT2D eigenvalue weighted by molar-refractivity contribution is 5.97. The van der Waals surface area contributed by atoms with Crippen LogP contribution in [0.25, 0.3) is 17.0 Å². The molecule has 3 aromatic carbocycles. The highest BCUT2D eigenvalue weighted by Crippen LogP contribution is 2.30. The number of ether oxygens (including phenoxy) is 1. The summed E-state index contributed by atoms with van der Waals surface area (Å²) in [5.74, 6) is 1.69. The van der Waals surface area contributed by atoms with Crippen molar-refractivity contribution in [3.63, 3.8) is 0 Å². The standard InChI is InChI=1S/C30H30F3N5O/c1-20(22-10-14-24(15-11-22)30(31,32)33)34-28(36-29(2,3)4)35-27-18-26(37-38-27)23-12-16-25(17-13-23)39-19-21-8-6-5-7-9-21/h5-18H,1,19H2,2-4H3,(H3,34,35,36,37,38). The number of nitrogens with zero attached hydrogens (tertiary/aromatic N) is 2. The number of aliphatic imine (C=N–C) groups is 1. The first-order chi connectivity index (χ1) is 18.5. The molecule has 3 N–H and O–H groups in total. The van der Waals surface area contributed by atoms with Crippen LogP contribution < -0.4 is 15.4 Å². The van der Waals surface area contributed by atoms with Crippen molar-refractivity contribution in [2.45, 2.75) is 39.1 Å². The minimum atomic E-state index is -4.41. The summed E-state index contributed by atoms with van der Waals surface area (Å²) in [6.45, 7) is 10.3. The van der Waals surface area contributed by atoms with Gasteiger partial charge in [0, 0.05) is 17.2 Å². The molecule has 0 saturated heterocycles. The van der Waals surface area contributed by atoms with Crippen LogP contribution in [0.15, 0.2) is 96.5 Å². The van der Waals surface area contributed by atoms with Gasteiger partial charge in [-0.2, -0.15) is 18.3 Å². The smallest absolute Gasteiger partial charge is 0.416 e. The van der Waals surface area contributed by atoms with Gasteiger partial charge in [-0.25, -0.2) is 4.99 Å². The average Bonchev–Trinajstić information content (AvgIpc) is 3.35. The summed E-state index contributed by atoms with van der Waals surface area (Å²) in [5, 5.41) is 13.8. The van der Waals surface area contributed by atoms with Crippen LogP contribution >= 0.6 is 0 Å². The molecule has 0 spiro atoms. The molecule has 0 radical (unpaired) electrons. The molecule has 1 heterocycles. The first kappa shape index (κ1) is 27.5. The second-order valence-electron chi connectivity index (χ2n) is 9.95. The third kappa shape index (κ3) is 7.98. The predicted octanol–water partition coefficient (Wildman–Crippen LogP) is 7.50. The van der Waals surface area contributed by atoms with Crippen LogP contribution in [0.4, 0.5) is 19.0 Å². The van der Waals surface area contributed by atoms with Crippen LogP contribution in [-0.2, 0) is 12.8 Å². The van der Waals surface area contributed by atoms with Crippen LogP contribution in [0, 0.1) is 0 Å². The summed E-state index contributed by atoms with van der Waals surface area (Å²) in [6, 6.07) is 24.1. The fourth-order valence-corrected chi connectivity index (χ4v) is 3.62. The summed E-state index contributed by atoms with van der Waals surface area (Å²) in [7, 11) is 0. The molecule has 0 aliphatic heterocycles. The van der Waals surface area contributed by atoms with E-state index >= 15 is 0 Å². The van der Waals surface area contributed by atoms with Crippen LogP contribution in [0.5, 0.6) is 5.75 Å². The van der Waals surface area contributed by atoms with E-state index in [0.717, 1.165) is 29.0 Å². The van der Waals surface area contributed by atoms with Gasteiger partial charge < -0.3 is 15.4 Å². The molecule has 39 heavy (non-hydrogen) atoms. The van der Waals surface area contributed by atoms with Crippen molar-refractivity contribution < 1.29 is 17.9 Å². The average molecular weight is 534 g/mol. The number of hydrogen-bond donors (Lipinski definition) is 3. The molecule has 0 unspecified atom stereocenters. The number of hydrogen-bond acceptors (Lipinski definition) is 3. The number of aromatic nitrogens is 2. The number of alkyl halides is 3. The lowest BCUT2D eigenvalue weighted by molar-refractivity contribution is -0.137. The molecule has 202 valence electrons. The molecule has 9 heteroatoms. The number of rotatable bonds is 7. The summed E-state index contributed by atoms with van der Waals surface area (Å²) >= 11 is 0. The Morgan fingerprint density at radius 3 is 2.23 bits per heavy atom. The quantitative estimate of drug-likeness (QED) is 0.170. The zero-order valence-electron chi connectivity index (χ0n) is 21.9. The van der Waals surface area contributed by atoms with Crippen LogP contribution in [-0.4, -0.2) is 21.7 Å². The number of nitrogens with one attached hydrogen (secondary N) is 3. The van der Waals surface area contributed by atoms with E-state index in [0.29, 0.717) is 35.3 Å². The second-order valence-corrected chi connectivity index (χ2v) is 9.95.